The second kappa shape index (κ2) is 7.62. The fourth-order valence-corrected chi connectivity index (χ4v) is 7.15. The Balaban J connectivity index is 1.84. The second-order valence-electron chi connectivity index (χ2n) is 11.3. The van der Waals surface area contributed by atoms with Crippen LogP contribution in [0.25, 0.3) is 0 Å². The average molecular weight is 473 g/mol. The van der Waals surface area contributed by atoms with Gasteiger partial charge in [-0.2, -0.15) is 0 Å². The summed E-state index contributed by atoms with van der Waals surface area (Å²) < 4.78 is 11.4. The van der Waals surface area contributed by atoms with Gasteiger partial charge in [-0.3, -0.25) is 9.59 Å². The number of hydrogen-bond donors (Lipinski definition) is 2. The highest BCUT2D eigenvalue weighted by Crippen LogP contribution is 2.76. The summed E-state index contributed by atoms with van der Waals surface area (Å²) in [6.45, 7) is 12.3. The number of rotatable bonds is 4. The Morgan fingerprint density at radius 2 is 1.85 bits per heavy atom. The highest BCUT2D eigenvalue weighted by molar-refractivity contribution is 6.04. The van der Waals surface area contributed by atoms with E-state index in [1.165, 1.54) is 6.92 Å². The number of carbonyl (C=O) groups excluding carboxylic acids is 3. The van der Waals surface area contributed by atoms with Crippen molar-refractivity contribution in [2.75, 3.05) is 6.61 Å². The van der Waals surface area contributed by atoms with Crippen molar-refractivity contribution in [3.05, 3.63) is 34.9 Å². The quantitative estimate of drug-likeness (QED) is 0.368. The molecule has 34 heavy (non-hydrogen) atoms. The molecule has 0 aromatic rings. The summed E-state index contributed by atoms with van der Waals surface area (Å²) in [6.07, 6.45) is 5.68. The molecule has 4 aliphatic carbocycles. The number of esters is 2. The predicted octanol–water partition coefficient (Wildman–Crippen LogP) is 3.05. The molecular weight excluding hydrogens is 436 g/mol. The molecule has 2 saturated carbocycles. The Morgan fingerprint density at radius 3 is 2.44 bits per heavy atom. The van der Waals surface area contributed by atoms with Crippen LogP contribution in [-0.2, 0) is 23.9 Å². The van der Waals surface area contributed by atoms with Crippen LogP contribution >= 0.6 is 0 Å². The first-order chi connectivity index (χ1) is 15.7. The average Bonchev–Trinajstić information content (AvgIpc) is 3.16. The van der Waals surface area contributed by atoms with Crippen LogP contribution in [0.4, 0.5) is 0 Å². The summed E-state index contributed by atoms with van der Waals surface area (Å²) >= 11 is 0. The van der Waals surface area contributed by atoms with Crippen LogP contribution in [0, 0.1) is 29.1 Å². The van der Waals surface area contributed by atoms with Gasteiger partial charge in [-0.05, 0) is 44.3 Å². The van der Waals surface area contributed by atoms with Crippen LogP contribution in [0.15, 0.2) is 34.9 Å². The van der Waals surface area contributed by atoms with Gasteiger partial charge in [0.1, 0.15) is 17.8 Å². The highest BCUT2D eigenvalue weighted by atomic mass is 16.6. The van der Waals surface area contributed by atoms with E-state index >= 15 is 0 Å². The molecule has 0 heterocycles. The van der Waals surface area contributed by atoms with Gasteiger partial charge in [0, 0.05) is 42.1 Å². The van der Waals surface area contributed by atoms with Gasteiger partial charge in [0.05, 0.1) is 5.60 Å². The fourth-order valence-electron chi connectivity index (χ4n) is 7.15. The van der Waals surface area contributed by atoms with E-state index in [1.54, 1.807) is 32.9 Å². The number of carbonyl (C=O) groups is 3. The number of allylic oxidation sites excluding steroid dienone is 1. The number of ketones is 1. The minimum absolute atomic E-state index is 0.0270. The highest BCUT2D eigenvalue weighted by Gasteiger charge is 2.83. The van der Waals surface area contributed by atoms with Crippen molar-refractivity contribution in [3.63, 3.8) is 0 Å². The van der Waals surface area contributed by atoms with Crippen molar-refractivity contribution in [1.82, 2.24) is 0 Å². The Bertz CT molecular complexity index is 1050. The Hall–Kier alpha value is -2.25. The number of aliphatic hydroxyl groups is 2. The molecule has 0 spiro atoms. The fraction of sp³-hybridized carbons (Fsp3) is 0.667. The normalized spacial score (nSPS) is 42.4. The summed E-state index contributed by atoms with van der Waals surface area (Å²) in [7, 11) is 0. The lowest BCUT2D eigenvalue weighted by Gasteiger charge is -2.50. The summed E-state index contributed by atoms with van der Waals surface area (Å²) in [5.74, 6) is -3.19. The van der Waals surface area contributed by atoms with E-state index in [0.717, 1.165) is 0 Å². The molecule has 0 aliphatic heterocycles. The van der Waals surface area contributed by atoms with Gasteiger partial charge in [0.15, 0.2) is 5.78 Å². The summed E-state index contributed by atoms with van der Waals surface area (Å²) in [5.41, 5.74) is -2.95. The van der Waals surface area contributed by atoms with E-state index in [-0.39, 0.29) is 30.8 Å². The standard InChI is InChI=1S/C27H36O7/c1-8-14(2)23(30)34-26-11-16(4)27(32)19(21(26)24(26,6)7)10-18(13-33-17(5)28)12-25(31)20(27)9-15(3)22(25)29/h8-10,16,19-21,31-32H,11-13H2,1-7H3/b14-8+. The van der Waals surface area contributed by atoms with Gasteiger partial charge < -0.3 is 19.7 Å². The zero-order valence-electron chi connectivity index (χ0n) is 21.1. The smallest absolute Gasteiger partial charge is 0.333 e. The lowest BCUT2D eigenvalue weighted by Crippen LogP contribution is -2.61. The maximum absolute atomic E-state index is 13.1. The monoisotopic (exact) mass is 472 g/mol. The second-order valence-corrected chi connectivity index (χ2v) is 11.3. The van der Waals surface area contributed by atoms with Crippen molar-refractivity contribution in [2.24, 2.45) is 29.1 Å². The first-order valence-electron chi connectivity index (χ1n) is 12.0. The summed E-state index contributed by atoms with van der Waals surface area (Å²) in [6, 6.07) is 0. The maximum Gasteiger partial charge on any atom is 0.333 e. The maximum atomic E-state index is 13.1. The van der Waals surface area contributed by atoms with E-state index in [0.29, 0.717) is 23.1 Å². The molecule has 4 aliphatic rings. The molecule has 7 atom stereocenters. The summed E-state index contributed by atoms with van der Waals surface area (Å²) in [4.78, 5) is 37.5. The van der Waals surface area contributed by atoms with Crippen molar-refractivity contribution in [3.8, 4) is 0 Å². The molecule has 4 rings (SSSR count). The Kier molecular flexibility index (Phi) is 5.57. The minimum atomic E-state index is -1.81. The molecule has 2 N–H and O–H groups in total. The zero-order valence-corrected chi connectivity index (χ0v) is 21.1. The molecule has 0 saturated heterocycles. The van der Waals surface area contributed by atoms with Gasteiger partial charge in [0.2, 0.25) is 0 Å². The third-order valence-corrected chi connectivity index (χ3v) is 9.16. The molecule has 0 amide bonds. The number of ether oxygens (including phenoxy) is 2. The molecule has 0 bridgehead atoms. The summed E-state index contributed by atoms with van der Waals surface area (Å²) in [5, 5.41) is 24.1. The SMILES string of the molecule is C/C=C(\C)C(=O)OC12CC(C)C3(O)C(C=C(COC(C)=O)CC4(O)C(=O)C(C)=CC43)C1C2(C)C. The van der Waals surface area contributed by atoms with E-state index in [1.807, 2.05) is 26.8 Å². The number of Topliss-reactive ketones (excluding diaryl/α,β-unsaturated/α-hetero) is 1. The van der Waals surface area contributed by atoms with Crippen LogP contribution in [0.5, 0.6) is 0 Å². The topological polar surface area (TPSA) is 110 Å². The Labute approximate surface area is 200 Å². The van der Waals surface area contributed by atoms with E-state index in [9.17, 15) is 24.6 Å². The minimum Gasteiger partial charge on any atom is -0.461 e. The molecule has 0 radical (unpaired) electrons. The molecule has 186 valence electrons. The molecule has 0 aromatic carbocycles. The van der Waals surface area contributed by atoms with Crippen LogP contribution in [0.3, 0.4) is 0 Å². The van der Waals surface area contributed by atoms with Gasteiger partial charge in [-0.1, -0.05) is 39.0 Å². The van der Waals surface area contributed by atoms with Crippen LogP contribution < -0.4 is 0 Å². The van der Waals surface area contributed by atoms with Gasteiger partial charge in [0.25, 0.3) is 0 Å². The molecule has 2 fully saturated rings. The predicted molar refractivity (Wildman–Crippen MR) is 124 cm³/mol. The van der Waals surface area contributed by atoms with Crippen molar-refractivity contribution >= 4 is 17.7 Å². The van der Waals surface area contributed by atoms with Crippen molar-refractivity contribution in [1.29, 1.82) is 0 Å². The lowest BCUT2D eigenvalue weighted by molar-refractivity contribution is -0.185. The van der Waals surface area contributed by atoms with E-state index in [4.69, 9.17) is 9.47 Å². The van der Waals surface area contributed by atoms with Gasteiger partial charge >= 0.3 is 11.9 Å². The molecule has 7 heteroatoms. The van der Waals surface area contributed by atoms with Crippen molar-refractivity contribution in [2.45, 2.75) is 78.1 Å². The number of fused-ring (bicyclic) bond motifs is 5. The molecule has 0 aromatic heterocycles. The van der Waals surface area contributed by atoms with E-state index < -0.39 is 45.8 Å². The Morgan fingerprint density at radius 1 is 1.21 bits per heavy atom. The number of hydrogen-bond acceptors (Lipinski definition) is 7. The zero-order chi connectivity index (χ0) is 25.4. The van der Waals surface area contributed by atoms with Gasteiger partial charge in [-0.25, -0.2) is 4.79 Å². The first-order valence-corrected chi connectivity index (χ1v) is 12.0. The van der Waals surface area contributed by atoms with Gasteiger partial charge in [-0.15, -0.1) is 0 Å². The lowest BCUT2D eigenvalue weighted by atomic mass is 9.60. The molecular formula is C27H36O7. The third kappa shape index (κ3) is 3.12. The van der Waals surface area contributed by atoms with Crippen molar-refractivity contribution < 1.29 is 34.1 Å². The van der Waals surface area contributed by atoms with E-state index in [2.05, 4.69) is 0 Å². The molecule has 7 unspecified atom stereocenters. The molecule has 7 nitrogen and oxygen atoms in total. The largest absolute Gasteiger partial charge is 0.461 e. The van der Waals surface area contributed by atoms with Crippen LogP contribution in [0.2, 0.25) is 0 Å². The van der Waals surface area contributed by atoms with Crippen LogP contribution in [-0.4, -0.2) is 51.3 Å². The third-order valence-electron chi connectivity index (χ3n) is 9.16. The first kappa shape index (κ1) is 24.9. The van der Waals surface area contributed by atoms with Crippen LogP contribution in [0.1, 0.15) is 61.3 Å².